The number of hydrogen-bond donors (Lipinski definition) is 1. The van der Waals surface area contributed by atoms with E-state index >= 15 is 0 Å². The molecule has 4 heteroatoms. The first-order chi connectivity index (χ1) is 9.65. The minimum atomic E-state index is -0.0695. The van der Waals surface area contributed by atoms with Gasteiger partial charge >= 0.3 is 0 Å². The number of amides is 1. The maximum absolute atomic E-state index is 12.7. The number of carbonyl (C=O) groups excluding carboxylic acids is 1. The topological polar surface area (TPSA) is 49.6 Å². The van der Waals surface area contributed by atoms with Gasteiger partial charge in [0.2, 0.25) is 5.91 Å². The van der Waals surface area contributed by atoms with Crippen molar-refractivity contribution in [3.63, 3.8) is 0 Å². The van der Waals surface area contributed by atoms with E-state index in [-0.39, 0.29) is 5.41 Å². The lowest BCUT2D eigenvalue weighted by molar-refractivity contribution is -0.144. The SMILES string of the molecule is CC1(C(=O)N2CCN(CCCCN)CC2)CCCCC1. The maximum atomic E-state index is 12.7. The third-order valence-corrected chi connectivity index (χ3v) is 5.06. The molecule has 0 aromatic carbocycles. The van der Waals surface area contributed by atoms with E-state index in [0.29, 0.717) is 5.91 Å². The molecule has 0 unspecified atom stereocenters. The standard InChI is InChI=1S/C16H31N3O/c1-16(7-3-2-4-8-16)15(20)19-13-11-18(12-14-19)10-6-5-9-17/h2-14,17H2,1H3. The van der Waals surface area contributed by atoms with E-state index in [2.05, 4.69) is 16.7 Å². The molecule has 2 aliphatic rings. The van der Waals surface area contributed by atoms with E-state index < -0.39 is 0 Å². The van der Waals surface area contributed by atoms with Crippen molar-refractivity contribution in [3.05, 3.63) is 0 Å². The van der Waals surface area contributed by atoms with E-state index in [1.165, 1.54) is 25.7 Å². The first kappa shape index (κ1) is 15.8. The number of hydrogen-bond acceptors (Lipinski definition) is 3. The normalized spacial score (nSPS) is 23.8. The van der Waals surface area contributed by atoms with Crippen molar-refractivity contribution in [1.82, 2.24) is 9.80 Å². The lowest BCUT2D eigenvalue weighted by Crippen LogP contribution is -2.53. The van der Waals surface area contributed by atoms with Crippen LogP contribution < -0.4 is 5.73 Å². The molecule has 1 amide bonds. The van der Waals surface area contributed by atoms with Crippen molar-refractivity contribution in [1.29, 1.82) is 0 Å². The summed E-state index contributed by atoms with van der Waals surface area (Å²) in [6.45, 7) is 8.00. The van der Waals surface area contributed by atoms with Crippen molar-refractivity contribution < 1.29 is 4.79 Å². The summed E-state index contributed by atoms with van der Waals surface area (Å²) in [7, 11) is 0. The van der Waals surface area contributed by atoms with E-state index in [1.54, 1.807) is 0 Å². The van der Waals surface area contributed by atoms with Crippen LogP contribution in [0, 0.1) is 5.41 Å². The molecule has 1 heterocycles. The molecular formula is C16H31N3O. The minimum Gasteiger partial charge on any atom is -0.340 e. The average Bonchev–Trinajstić information content (AvgIpc) is 2.48. The Morgan fingerprint density at radius 1 is 1.05 bits per heavy atom. The van der Waals surface area contributed by atoms with E-state index in [1.807, 2.05) is 0 Å². The third kappa shape index (κ3) is 3.95. The predicted octanol–water partition coefficient (Wildman–Crippen LogP) is 1.84. The summed E-state index contributed by atoms with van der Waals surface area (Å²) in [6, 6.07) is 0. The quantitative estimate of drug-likeness (QED) is 0.782. The highest BCUT2D eigenvalue weighted by atomic mass is 16.2. The molecule has 116 valence electrons. The summed E-state index contributed by atoms with van der Waals surface area (Å²) in [6.07, 6.45) is 8.21. The molecule has 0 aromatic heterocycles. The lowest BCUT2D eigenvalue weighted by atomic mass is 9.74. The fourth-order valence-electron chi connectivity index (χ4n) is 3.58. The van der Waals surface area contributed by atoms with Gasteiger partial charge in [-0.15, -0.1) is 0 Å². The number of nitrogens with two attached hydrogens (primary N) is 1. The molecule has 20 heavy (non-hydrogen) atoms. The van der Waals surface area contributed by atoms with Crippen LogP contribution in [0.15, 0.2) is 0 Å². The second-order valence-electron chi connectivity index (χ2n) is 6.75. The number of carbonyl (C=O) groups is 1. The number of rotatable bonds is 5. The summed E-state index contributed by atoms with van der Waals surface area (Å²) >= 11 is 0. The van der Waals surface area contributed by atoms with Crippen molar-refractivity contribution in [2.75, 3.05) is 39.3 Å². The summed E-state index contributed by atoms with van der Waals surface area (Å²) in [5, 5.41) is 0. The highest BCUT2D eigenvalue weighted by Gasteiger charge is 2.38. The molecule has 0 bridgehead atoms. The molecule has 1 saturated carbocycles. The maximum Gasteiger partial charge on any atom is 0.228 e. The Kier molecular flexibility index (Phi) is 5.85. The van der Waals surface area contributed by atoms with Gasteiger partial charge in [-0.05, 0) is 38.8 Å². The molecule has 2 rings (SSSR count). The van der Waals surface area contributed by atoms with Gasteiger partial charge in [-0.2, -0.15) is 0 Å². The molecule has 0 spiro atoms. The van der Waals surface area contributed by atoms with Crippen LogP contribution in [0.5, 0.6) is 0 Å². The van der Waals surface area contributed by atoms with Gasteiger partial charge in [0.1, 0.15) is 0 Å². The molecule has 4 nitrogen and oxygen atoms in total. The zero-order valence-electron chi connectivity index (χ0n) is 13.1. The first-order valence-electron chi connectivity index (χ1n) is 8.37. The van der Waals surface area contributed by atoms with Crippen molar-refractivity contribution in [2.45, 2.75) is 51.9 Å². The Bertz CT molecular complexity index is 305. The monoisotopic (exact) mass is 281 g/mol. The highest BCUT2D eigenvalue weighted by molar-refractivity contribution is 5.82. The van der Waals surface area contributed by atoms with E-state index in [4.69, 9.17) is 5.73 Å². The number of nitrogens with zero attached hydrogens (tertiary/aromatic N) is 2. The van der Waals surface area contributed by atoms with E-state index in [0.717, 1.165) is 58.5 Å². The van der Waals surface area contributed by atoms with Crippen LogP contribution in [0.2, 0.25) is 0 Å². The lowest BCUT2D eigenvalue weighted by Gasteiger charge is -2.41. The number of unbranched alkanes of at least 4 members (excludes halogenated alkanes) is 1. The molecule has 1 aliphatic heterocycles. The predicted molar refractivity (Wildman–Crippen MR) is 82.5 cm³/mol. The average molecular weight is 281 g/mol. The second-order valence-corrected chi connectivity index (χ2v) is 6.75. The van der Waals surface area contributed by atoms with Gasteiger partial charge in [0.05, 0.1) is 0 Å². The van der Waals surface area contributed by atoms with Gasteiger partial charge < -0.3 is 10.6 Å². The zero-order chi connectivity index (χ0) is 14.4. The fraction of sp³-hybridized carbons (Fsp3) is 0.938. The summed E-state index contributed by atoms with van der Waals surface area (Å²) in [4.78, 5) is 17.3. The minimum absolute atomic E-state index is 0.0695. The van der Waals surface area contributed by atoms with Crippen LogP contribution in [0.3, 0.4) is 0 Å². The Labute approximate surface area is 123 Å². The fourth-order valence-corrected chi connectivity index (χ4v) is 3.58. The van der Waals surface area contributed by atoms with Crippen LogP contribution >= 0.6 is 0 Å². The molecule has 2 N–H and O–H groups in total. The highest BCUT2D eigenvalue weighted by Crippen LogP contribution is 2.37. The van der Waals surface area contributed by atoms with E-state index in [9.17, 15) is 4.79 Å². The van der Waals surface area contributed by atoms with Gasteiger partial charge in [0.15, 0.2) is 0 Å². The van der Waals surface area contributed by atoms with Crippen molar-refractivity contribution in [3.8, 4) is 0 Å². The molecule has 1 aliphatic carbocycles. The van der Waals surface area contributed by atoms with Gasteiger partial charge in [-0.1, -0.05) is 26.2 Å². The summed E-state index contributed by atoms with van der Waals surface area (Å²) < 4.78 is 0. The Morgan fingerprint density at radius 3 is 2.30 bits per heavy atom. The molecule has 0 atom stereocenters. The second kappa shape index (κ2) is 7.41. The molecule has 2 fully saturated rings. The molecular weight excluding hydrogens is 250 g/mol. The van der Waals surface area contributed by atoms with Crippen LogP contribution in [-0.2, 0) is 4.79 Å². The first-order valence-corrected chi connectivity index (χ1v) is 8.37. The Morgan fingerprint density at radius 2 is 1.70 bits per heavy atom. The Hall–Kier alpha value is -0.610. The summed E-state index contributed by atoms with van der Waals surface area (Å²) in [5.74, 6) is 0.416. The molecule has 0 radical (unpaired) electrons. The smallest absolute Gasteiger partial charge is 0.228 e. The number of piperazine rings is 1. The van der Waals surface area contributed by atoms with Crippen LogP contribution in [0.4, 0.5) is 0 Å². The van der Waals surface area contributed by atoms with Crippen LogP contribution in [-0.4, -0.2) is 55.0 Å². The third-order valence-electron chi connectivity index (χ3n) is 5.06. The van der Waals surface area contributed by atoms with Gasteiger partial charge in [0, 0.05) is 31.6 Å². The Balaban J connectivity index is 1.76. The van der Waals surface area contributed by atoms with Gasteiger partial charge in [0.25, 0.3) is 0 Å². The zero-order valence-corrected chi connectivity index (χ0v) is 13.1. The molecule has 1 saturated heterocycles. The van der Waals surface area contributed by atoms with Gasteiger partial charge in [-0.3, -0.25) is 9.69 Å². The van der Waals surface area contributed by atoms with Crippen molar-refractivity contribution in [2.24, 2.45) is 11.1 Å². The van der Waals surface area contributed by atoms with Crippen molar-refractivity contribution >= 4 is 5.91 Å². The van der Waals surface area contributed by atoms with Gasteiger partial charge in [-0.25, -0.2) is 0 Å². The summed E-state index contributed by atoms with van der Waals surface area (Å²) in [5.41, 5.74) is 5.46. The molecule has 0 aromatic rings. The van der Waals surface area contributed by atoms with Crippen LogP contribution in [0.25, 0.3) is 0 Å². The van der Waals surface area contributed by atoms with Crippen LogP contribution in [0.1, 0.15) is 51.9 Å². The largest absolute Gasteiger partial charge is 0.340 e.